The number of ether oxygens (including phenoxy) is 2. The number of thiocarbonyl (C=S) groups is 1. The van der Waals surface area contributed by atoms with Gasteiger partial charge in [0.05, 0.1) is 11.6 Å². The van der Waals surface area contributed by atoms with E-state index in [-0.39, 0.29) is 6.10 Å². The van der Waals surface area contributed by atoms with Crippen molar-refractivity contribution in [2.75, 3.05) is 26.3 Å². The first-order valence-corrected chi connectivity index (χ1v) is 7.84. The maximum atomic E-state index is 6.18. The van der Waals surface area contributed by atoms with Crippen molar-refractivity contribution in [3.05, 3.63) is 28.8 Å². The summed E-state index contributed by atoms with van der Waals surface area (Å²) in [5.41, 5.74) is 6.31. The Hall–Kier alpha value is -0.880. The summed E-state index contributed by atoms with van der Waals surface area (Å²) in [5.74, 6) is 0.627. The Morgan fingerprint density at radius 3 is 2.95 bits per heavy atom. The summed E-state index contributed by atoms with van der Waals surface area (Å²) in [6.07, 6.45) is 0.0625. The van der Waals surface area contributed by atoms with Gasteiger partial charge in [-0.1, -0.05) is 23.8 Å². The second kappa shape index (κ2) is 7.40. The van der Waals surface area contributed by atoms with E-state index in [1.807, 2.05) is 6.07 Å². The molecule has 1 aromatic rings. The second-order valence-electron chi connectivity index (χ2n) is 5.40. The minimum Gasteiger partial charge on any atom is -0.489 e. The van der Waals surface area contributed by atoms with Crippen molar-refractivity contribution in [3.63, 3.8) is 0 Å². The predicted octanol–water partition coefficient (Wildman–Crippen LogP) is 2.46. The minimum atomic E-state index is 0.0625. The molecule has 1 saturated heterocycles. The summed E-state index contributed by atoms with van der Waals surface area (Å²) in [6, 6.07) is 5.84. The lowest BCUT2D eigenvalue weighted by Gasteiger charge is -2.35. The molecule has 1 unspecified atom stereocenters. The van der Waals surface area contributed by atoms with E-state index in [9.17, 15) is 0 Å². The van der Waals surface area contributed by atoms with Crippen molar-refractivity contribution in [1.29, 1.82) is 0 Å². The molecule has 0 amide bonds. The molecule has 0 bridgehead atoms. The first-order valence-electron chi connectivity index (χ1n) is 7.05. The van der Waals surface area contributed by atoms with Gasteiger partial charge in [0.1, 0.15) is 23.4 Å². The maximum Gasteiger partial charge on any atom is 0.138 e. The predicted molar refractivity (Wildman–Crippen MR) is 89.3 cm³/mol. The first kappa shape index (κ1) is 16.5. The Kier molecular flexibility index (Phi) is 5.81. The average molecular weight is 329 g/mol. The van der Waals surface area contributed by atoms with Gasteiger partial charge in [-0.15, -0.1) is 0 Å². The number of morpholine rings is 1. The lowest BCUT2D eigenvalue weighted by Crippen LogP contribution is -2.47. The third kappa shape index (κ3) is 4.54. The highest BCUT2D eigenvalue weighted by atomic mass is 35.5. The SMILES string of the molecule is CC(C)N1CCOC(COc2ccc(C(N)=S)cc2Cl)C1. The molecule has 1 heterocycles. The molecule has 0 spiro atoms. The number of hydrogen-bond donors (Lipinski definition) is 1. The van der Waals surface area contributed by atoms with Crippen molar-refractivity contribution in [3.8, 4) is 5.75 Å². The van der Waals surface area contributed by atoms with Gasteiger partial charge in [0.2, 0.25) is 0 Å². The van der Waals surface area contributed by atoms with E-state index in [4.69, 9.17) is 39.0 Å². The van der Waals surface area contributed by atoms with Crippen LogP contribution in [-0.4, -0.2) is 48.3 Å². The Balaban J connectivity index is 1.92. The van der Waals surface area contributed by atoms with Gasteiger partial charge < -0.3 is 15.2 Å². The Morgan fingerprint density at radius 1 is 1.57 bits per heavy atom. The highest BCUT2D eigenvalue weighted by Crippen LogP contribution is 2.26. The number of hydrogen-bond acceptors (Lipinski definition) is 4. The normalized spacial score (nSPS) is 19.7. The van der Waals surface area contributed by atoms with E-state index in [0.29, 0.717) is 28.4 Å². The van der Waals surface area contributed by atoms with Crippen LogP contribution in [-0.2, 0) is 4.74 Å². The van der Waals surface area contributed by atoms with Crippen LogP contribution in [0.4, 0.5) is 0 Å². The molecule has 6 heteroatoms. The molecule has 2 N–H and O–H groups in total. The lowest BCUT2D eigenvalue weighted by atomic mass is 10.2. The highest BCUT2D eigenvalue weighted by Gasteiger charge is 2.22. The Bertz CT molecular complexity index is 510. The van der Waals surface area contributed by atoms with Crippen LogP contribution in [0.5, 0.6) is 5.75 Å². The van der Waals surface area contributed by atoms with Crippen LogP contribution >= 0.6 is 23.8 Å². The molecule has 1 aliphatic heterocycles. The van der Waals surface area contributed by atoms with Gasteiger partial charge in [-0.2, -0.15) is 0 Å². The molecule has 21 heavy (non-hydrogen) atoms. The highest BCUT2D eigenvalue weighted by molar-refractivity contribution is 7.80. The summed E-state index contributed by atoms with van der Waals surface area (Å²) >= 11 is 11.1. The fourth-order valence-electron chi connectivity index (χ4n) is 2.27. The molecule has 0 aliphatic carbocycles. The fourth-order valence-corrected chi connectivity index (χ4v) is 2.63. The summed E-state index contributed by atoms with van der Waals surface area (Å²) in [4.78, 5) is 2.71. The number of nitrogens with two attached hydrogens (primary N) is 1. The van der Waals surface area contributed by atoms with Gasteiger partial charge in [0, 0.05) is 24.7 Å². The van der Waals surface area contributed by atoms with Crippen LogP contribution in [0.3, 0.4) is 0 Å². The quantitative estimate of drug-likeness (QED) is 0.841. The zero-order valence-corrected chi connectivity index (χ0v) is 13.9. The van der Waals surface area contributed by atoms with Crippen molar-refractivity contribution in [2.24, 2.45) is 5.73 Å². The standard InChI is InChI=1S/C15H21ClN2O2S/c1-10(2)18-5-6-19-12(8-18)9-20-14-4-3-11(15(17)21)7-13(14)16/h3-4,7,10,12H,5-6,8-9H2,1-2H3,(H2,17,21). The Labute approximate surface area is 136 Å². The summed E-state index contributed by atoms with van der Waals surface area (Å²) in [6.45, 7) is 7.44. The molecule has 116 valence electrons. The van der Waals surface area contributed by atoms with Crippen LogP contribution in [0, 0.1) is 0 Å². The van der Waals surface area contributed by atoms with E-state index in [1.54, 1.807) is 12.1 Å². The molecule has 1 fully saturated rings. The number of halogens is 1. The molecule has 1 atom stereocenters. The summed E-state index contributed by atoms with van der Waals surface area (Å²) in [7, 11) is 0. The van der Waals surface area contributed by atoms with Crippen molar-refractivity contribution in [1.82, 2.24) is 4.90 Å². The zero-order valence-electron chi connectivity index (χ0n) is 12.3. The maximum absolute atomic E-state index is 6.18. The largest absolute Gasteiger partial charge is 0.489 e. The molecule has 1 aliphatic rings. The van der Waals surface area contributed by atoms with Crippen LogP contribution in [0.2, 0.25) is 5.02 Å². The third-order valence-corrected chi connectivity index (χ3v) is 4.07. The van der Waals surface area contributed by atoms with Crippen LogP contribution < -0.4 is 10.5 Å². The summed E-state index contributed by atoms with van der Waals surface area (Å²) < 4.78 is 11.5. The number of nitrogens with zero attached hydrogens (tertiary/aromatic N) is 1. The van der Waals surface area contributed by atoms with Crippen molar-refractivity contribution in [2.45, 2.75) is 26.0 Å². The minimum absolute atomic E-state index is 0.0625. The van der Waals surface area contributed by atoms with Gasteiger partial charge in [0.15, 0.2) is 0 Å². The lowest BCUT2D eigenvalue weighted by molar-refractivity contribution is -0.0564. The van der Waals surface area contributed by atoms with E-state index >= 15 is 0 Å². The van der Waals surface area contributed by atoms with Crippen LogP contribution in [0.15, 0.2) is 18.2 Å². The van der Waals surface area contributed by atoms with Gasteiger partial charge in [-0.25, -0.2) is 0 Å². The van der Waals surface area contributed by atoms with Crippen LogP contribution in [0.1, 0.15) is 19.4 Å². The zero-order chi connectivity index (χ0) is 15.4. The monoisotopic (exact) mass is 328 g/mol. The Morgan fingerprint density at radius 2 is 2.33 bits per heavy atom. The summed E-state index contributed by atoms with van der Waals surface area (Å²) in [5, 5.41) is 0.511. The molecule has 0 saturated carbocycles. The number of rotatable bonds is 5. The van der Waals surface area contributed by atoms with E-state index < -0.39 is 0 Å². The van der Waals surface area contributed by atoms with Gasteiger partial charge in [-0.05, 0) is 32.0 Å². The average Bonchev–Trinajstić information content (AvgIpc) is 2.46. The molecule has 4 nitrogen and oxygen atoms in total. The fraction of sp³-hybridized carbons (Fsp3) is 0.533. The molecule has 2 rings (SSSR count). The molecule has 1 aromatic carbocycles. The van der Waals surface area contributed by atoms with E-state index in [2.05, 4.69) is 18.7 Å². The molecular formula is C15H21ClN2O2S. The van der Waals surface area contributed by atoms with Crippen LogP contribution in [0.25, 0.3) is 0 Å². The smallest absolute Gasteiger partial charge is 0.138 e. The number of benzene rings is 1. The molecule has 0 radical (unpaired) electrons. The van der Waals surface area contributed by atoms with Crippen molar-refractivity contribution >= 4 is 28.8 Å². The van der Waals surface area contributed by atoms with E-state index in [1.165, 1.54) is 0 Å². The molecule has 0 aromatic heterocycles. The molecular weight excluding hydrogens is 308 g/mol. The van der Waals surface area contributed by atoms with E-state index in [0.717, 1.165) is 25.3 Å². The first-order chi connectivity index (χ1) is 9.97. The van der Waals surface area contributed by atoms with Gasteiger partial charge in [0.25, 0.3) is 0 Å². The topological polar surface area (TPSA) is 47.7 Å². The second-order valence-corrected chi connectivity index (χ2v) is 6.25. The third-order valence-electron chi connectivity index (χ3n) is 3.54. The van der Waals surface area contributed by atoms with Crippen molar-refractivity contribution < 1.29 is 9.47 Å². The van der Waals surface area contributed by atoms with Gasteiger partial charge >= 0.3 is 0 Å². The van der Waals surface area contributed by atoms with Gasteiger partial charge in [-0.3, -0.25) is 4.90 Å².